The number of esters is 1. The molecule has 0 aliphatic heterocycles. The molecule has 1 N–H and O–H groups in total. The zero-order chi connectivity index (χ0) is 17.6. The molecular weight excluding hydrogens is 336 g/mol. The van der Waals surface area contributed by atoms with Crippen LogP contribution in [0.2, 0.25) is 0 Å². The first-order chi connectivity index (χ1) is 12.1. The maximum atomic E-state index is 12.0. The lowest BCUT2D eigenvalue weighted by Crippen LogP contribution is -2.42. The maximum absolute atomic E-state index is 12.0. The van der Waals surface area contributed by atoms with Gasteiger partial charge < -0.3 is 10.1 Å². The second-order valence-electron chi connectivity index (χ2n) is 6.67. The van der Waals surface area contributed by atoms with Crippen LogP contribution in [0, 0.1) is 5.92 Å². The summed E-state index contributed by atoms with van der Waals surface area (Å²) in [5.74, 6) is -0.0642. The van der Waals surface area contributed by atoms with E-state index in [1.807, 2.05) is 24.3 Å². The van der Waals surface area contributed by atoms with Gasteiger partial charge in [-0.25, -0.2) is 4.98 Å². The number of aryl methyl sites for hydroxylation is 1. The molecule has 0 spiro atoms. The first-order valence-electron chi connectivity index (χ1n) is 8.91. The van der Waals surface area contributed by atoms with Crippen LogP contribution in [0.4, 0.5) is 0 Å². The van der Waals surface area contributed by atoms with Crippen LogP contribution < -0.4 is 5.32 Å². The molecule has 6 heteroatoms. The number of nitrogens with one attached hydrogen (secondary N) is 1. The zero-order valence-electron chi connectivity index (χ0n) is 14.5. The van der Waals surface area contributed by atoms with Gasteiger partial charge in [-0.3, -0.25) is 9.59 Å². The van der Waals surface area contributed by atoms with Crippen molar-refractivity contribution in [3.05, 3.63) is 29.3 Å². The Hall–Kier alpha value is -1.95. The number of amides is 1. The number of para-hydroxylation sites is 1. The lowest BCUT2D eigenvalue weighted by molar-refractivity contribution is -0.148. The molecule has 1 amide bonds. The highest BCUT2D eigenvalue weighted by molar-refractivity contribution is 7.18. The summed E-state index contributed by atoms with van der Waals surface area (Å²) in [5, 5.41) is 3.90. The third-order valence-corrected chi connectivity index (χ3v) is 5.80. The van der Waals surface area contributed by atoms with E-state index >= 15 is 0 Å². The van der Waals surface area contributed by atoms with Gasteiger partial charge in [0.1, 0.15) is 0 Å². The molecule has 1 heterocycles. The van der Waals surface area contributed by atoms with Crippen LogP contribution in [0.3, 0.4) is 0 Å². The molecule has 2 aromatic rings. The smallest absolute Gasteiger partial charge is 0.306 e. The number of aromatic nitrogens is 1. The molecule has 0 radical (unpaired) electrons. The van der Waals surface area contributed by atoms with E-state index < -0.39 is 0 Å². The van der Waals surface area contributed by atoms with Gasteiger partial charge in [0.15, 0.2) is 6.61 Å². The summed E-state index contributed by atoms with van der Waals surface area (Å²) in [5.41, 5.74) is 0.955. The largest absolute Gasteiger partial charge is 0.456 e. The first-order valence-corrected chi connectivity index (χ1v) is 9.73. The summed E-state index contributed by atoms with van der Waals surface area (Å²) < 4.78 is 6.22. The summed E-state index contributed by atoms with van der Waals surface area (Å²) in [6.07, 6.45) is 5.32. The van der Waals surface area contributed by atoms with E-state index in [2.05, 4.69) is 17.2 Å². The van der Waals surface area contributed by atoms with Crippen molar-refractivity contribution in [3.8, 4) is 0 Å². The number of rotatable bonds is 6. The second kappa shape index (κ2) is 8.43. The summed E-state index contributed by atoms with van der Waals surface area (Å²) in [7, 11) is 0. The van der Waals surface area contributed by atoms with Crippen LogP contribution in [0.25, 0.3) is 10.2 Å². The van der Waals surface area contributed by atoms with E-state index in [9.17, 15) is 9.59 Å². The average molecular weight is 360 g/mol. The van der Waals surface area contributed by atoms with E-state index in [0.29, 0.717) is 12.3 Å². The fourth-order valence-corrected chi connectivity index (χ4v) is 4.20. The lowest BCUT2D eigenvalue weighted by atomic mass is 9.86. The molecule has 3 rings (SSSR count). The van der Waals surface area contributed by atoms with Gasteiger partial charge in [0.2, 0.25) is 0 Å². The lowest BCUT2D eigenvalue weighted by Gasteiger charge is -2.29. The summed E-state index contributed by atoms with van der Waals surface area (Å²) in [4.78, 5) is 28.3. The van der Waals surface area contributed by atoms with Gasteiger partial charge in [0.05, 0.1) is 21.6 Å². The van der Waals surface area contributed by atoms with E-state index in [1.54, 1.807) is 11.3 Å². The molecular formula is C19H24N2O3S. The Balaban J connectivity index is 1.39. The van der Waals surface area contributed by atoms with Gasteiger partial charge in [0.25, 0.3) is 5.91 Å². The van der Waals surface area contributed by atoms with E-state index in [0.717, 1.165) is 34.5 Å². The average Bonchev–Trinajstić information content (AvgIpc) is 3.03. The predicted molar refractivity (Wildman–Crippen MR) is 98.5 cm³/mol. The van der Waals surface area contributed by atoms with Crippen LogP contribution in [0.5, 0.6) is 0 Å². The van der Waals surface area contributed by atoms with E-state index in [-0.39, 0.29) is 30.9 Å². The first kappa shape index (κ1) is 17.9. The molecule has 25 heavy (non-hydrogen) atoms. The van der Waals surface area contributed by atoms with Crippen molar-refractivity contribution < 1.29 is 14.3 Å². The van der Waals surface area contributed by atoms with Crippen molar-refractivity contribution in [2.24, 2.45) is 5.92 Å². The standard InChI is InChI=1S/C19H24N2O3S/c1-13-6-2-3-7-14(13)20-17(22)12-24-19(23)11-10-18-21-15-8-4-5-9-16(15)25-18/h4-5,8-9,13-14H,2-3,6-7,10-12H2,1H3,(H,20,22)/t13-,14-/m1/s1. The Morgan fingerprint density at radius 1 is 1.28 bits per heavy atom. The van der Waals surface area contributed by atoms with Crippen LogP contribution in [-0.4, -0.2) is 29.5 Å². The van der Waals surface area contributed by atoms with E-state index in [4.69, 9.17) is 4.74 Å². The number of thiazole rings is 1. The number of hydrogen-bond donors (Lipinski definition) is 1. The number of carbonyl (C=O) groups is 2. The van der Waals surface area contributed by atoms with E-state index in [1.165, 1.54) is 6.42 Å². The van der Waals surface area contributed by atoms with Crippen molar-refractivity contribution in [1.29, 1.82) is 0 Å². The number of benzene rings is 1. The molecule has 1 saturated carbocycles. The number of nitrogens with zero attached hydrogens (tertiary/aromatic N) is 1. The number of carbonyl (C=O) groups excluding carboxylic acids is 2. The molecule has 0 bridgehead atoms. The summed E-state index contributed by atoms with van der Waals surface area (Å²) in [6, 6.07) is 8.12. The minimum Gasteiger partial charge on any atom is -0.456 e. The number of ether oxygens (including phenoxy) is 1. The fraction of sp³-hybridized carbons (Fsp3) is 0.526. The number of hydrogen-bond acceptors (Lipinski definition) is 5. The van der Waals surface area contributed by atoms with Crippen molar-refractivity contribution in [2.45, 2.75) is 51.5 Å². The Morgan fingerprint density at radius 3 is 2.88 bits per heavy atom. The maximum Gasteiger partial charge on any atom is 0.306 e. The molecule has 1 aromatic carbocycles. The molecule has 1 aliphatic rings. The third kappa shape index (κ3) is 5.01. The molecule has 5 nitrogen and oxygen atoms in total. The van der Waals surface area contributed by atoms with Crippen LogP contribution >= 0.6 is 11.3 Å². The van der Waals surface area contributed by atoms with Gasteiger partial charge in [-0.15, -0.1) is 11.3 Å². The molecule has 1 fully saturated rings. The molecule has 2 atom stereocenters. The van der Waals surface area contributed by atoms with Crippen molar-refractivity contribution in [3.63, 3.8) is 0 Å². The molecule has 0 unspecified atom stereocenters. The Morgan fingerprint density at radius 2 is 2.08 bits per heavy atom. The minimum atomic E-state index is -0.355. The quantitative estimate of drug-likeness (QED) is 0.801. The van der Waals surface area contributed by atoms with Gasteiger partial charge in [-0.05, 0) is 30.9 Å². The number of fused-ring (bicyclic) bond motifs is 1. The van der Waals surface area contributed by atoms with Gasteiger partial charge in [-0.2, -0.15) is 0 Å². The van der Waals surface area contributed by atoms with Crippen molar-refractivity contribution in [1.82, 2.24) is 10.3 Å². The van der Waals surface area contributed by atoms with Crippen molar-refractivity contribution in [2.75, 3.05) is 6.61 Å². The fourth-order valence-electron chi connectivity index (χ4n) is 3.23. The molecule has 134 valence electrons. The van der Waals surface area contributed by atoms with Crippen molar-refractivity contribution >= 4 is 33.4 Å². The summed E-state index contributed by atoms with van der Waals surface area (Å²) >= 11 is 1.59. The Labute approximate surface area is 151 Å². The second-order valence-corrected chi connectivity index (χ2v) is 7.79. The summed E-state index contributed by atoms with van der Waals surface area (Å²) in [6.45, 7) is 1.97. The van der Waals surface area contributed by atoms with Gasteiger partial charge >= 0.3 is 5.97 Å². The Kier molecular flexibility index (Phi) is 6.02. The van der Waals surface area contributed by atoms with Crippen LogP contribution in [0.15, 0.2) is 24.3 Å². The molecule has 0 saturated heterocycles. The minimum absolute atomic E-state index is 0.193. The van der Waals surface area contributed by atoms with Gasteiger partial charge in [0, 0.05) is 12.5 Å². The molecule has 1 aliphatic carbocycles. The highest BCUT2D eigenvalue weighted by Crippen LogP contribution is 2.24. The highest BCUT2D eigenvalue weighted by Gasteiger charge is 2.23. The van der Waals surface area contributed by atoms with Gasteiger partial charge in [-0.1, -0.05) is 31.9 Å². The highest BCUT2D eigenvalue weighted by atomic mass is 32.1. The molecule has 1 aromatic heterocycles. The normalized spacial score (nSPS) is 20.4. The topological polar surface area (TPSA) is 68.3 Å². The monoisotopic (exact) mass is 360 g/mol. The van der Waals surface area contributed by atoms with Crippen LogP contribution in [-0.2, 0) is 20.7 Å². The predicted octanol–water partition coefficient (Wildman–Crippen LogP) is 3.47. The van der Waals surface area contributed by atoms with Crippen LogP contribution in [0.1, 0.15) is 44.0 Å². The zero-order valence-corrected chi connectivity index (χ0v) is 15.3. The SMILES string of the molecule is C[C@@H]1CCCC[C@H]1NC(=O)COC(=O)CCc1nc2ccccc2s1. The Bertz CT molecular complexity index is 710. The third-order valence-electron chi connectivity index (χ3n) is 4.70.